The molecule has 2 heteroatoms. The minimum atomic E-state index is 0.472. The van der Waals surface area contributed by atoms with Crippen molar-refractivity contribution in [2.75, 3.05) is 0 Å². The van der Waals surface area contributed by atoms with Crippen LogP contribution in [-0.2, 0) is 6.42 Å². The van der Waals surface area contributed by atoms with Crippen LogP contribution in [0.1, 0.15) is 44.9 Å². The Balaban J connectivity index is 2.79. The summed E-state index contributed by atoms with van der Waals surface area (Å²) >= 11 is 0. The third kappa shape index (κ3) is 3.13. The fourth-order valence-corrected chi connectivity index (χ4v) is 1.29. The van der Waals surface area contributed by atoms with Crippen molar-refractivity contribution in [3.05, 3.63) is 23.5 Å². The summed E-state index contributed by atoms with van der Waals surface area (Å²) in [4.78, 5) is 0. The molecule has 0 aliphatic heterocycles. The van der Waals surface area contributed by atoms with Crippen LogP contribution >= 0.6 is 0 Å². The van der Waals surface area contributed by atoms with Crippen LogP contribution in [0.2, 0.25) is 0 Å². The average Bonchev–Trinajstić information content (AvgIpc) is 2.03. The molecule has 0 bridgehead atoms. The molecule has 0 saturated heterocycles. The summed E-state index contributed by atoms with van der Waals surface area (Å²) in [5.41, 5.74) is 2.40. The van der Waals surface area contributed by atoms with Gasteiger partial charge in [-0.1, -0.05) is 27.7 Å². The van der Waals surface area contributed by atoms with Crippen LogP contribution < -0.4 is 0 Å². The zero-order chi connectivity index (χ0) is 9.84. The lowest BCUT2D eigenvalue weighted by atomic mass is 10.0. The molecule has 0 aromatic carbocycles. The number of rotatable bonds is 3. The second-order valence-electron chi connectivity index (χ2n) is 4.24. The van der Waals surface area contributed by atoms with E-state index in [0.717, 1.165) is 12.1 Å². The highest BCUT2D eigenvalue weighted by molar-refractivity contribution is 5.15. The van der Waals surface area contributed by atoms with E-state index in [-0.39, 0.29) is 0 Å². The van der Waals surface area contributed by atoms with Crippen LogP contribution in [0.5, 0.6) is 0 Å². The number of nitrogens with zero attached hydrogens (tertiary/aromatic N) is 2. The van der Waals surface area contributed by atoms with Gasteiger partial charge in [-0.25, -0.2) is 0 Å². The first kappa shape index (κ1) is 10.2. The molecule has 0 spiro atoms. The maximum Gasteiger partial charge on any atom is 0.0659 e. The van der Waals surface area contributed by atoms with Gasteiger partial charge < -0.3 is 0 Å². The number of aromatic nitrogens is 2. The predicted octanol–water partition coefficient (Wildman–Crippen LogP) is 2.80. The molecule has 13 heavy (non-hydrogen) atoms. The van der Waals surface area contributed by atoms with Crippen LogP contribution in [0.4, 0.5) is 0 Å². The van der Waals surface area contributed by atoms with Crippen molar-refractivity contribution in [2.45, 2.75) is 40.0 Å². The van der Waals surface area contributed by atoms with Gasteiger partial charge >= 0.3 is 0 Å². The molecule has 0 radical (unpaired) electrons. The van der Waals surface area contributed by atoms with Crippen molar-refractivity contribution in [3.63, 3.8) is 0 Å². The van der Waals surface area contributed by atoms with Crippen LogP contribution in [0.25, 0.3) is 0 Å². The van der Waals surface area contributed by atoms with E-state index in [2.05, 4.69) is 44.0 Å². The van der Waals surface area contributed by atoms with E-state index in [9.17, 15) is 0 Å². The summed E-state index contributed by atoms with van der Waals surface area (Å²) in [6.07, 6.45) is 2.96. The van der Waals surface area contributed by atoms with Gasteiger partial charge in [-0.2, -0.15) is 10.2 Å². The molecule has 2 nitrogen and oxygen atoms in total. The predicted molar refractivity (Wildman–Crippen MR) is 54.7 cm³/mol. The molecule has 0 saturated carbocycles. The summed E-state index contributed by atoms with van der Waals surface area (Å²) in [5.74, 6) is 1.16. The Hall–Kier alpha value is -0.920. The minimum absolute atomic E-state index is 0.472. The Bertz CT molecular complexity index is 267. The van der Waals surface area contributed by atoms with E-state index in [1.165, 1.54) is 5.56 Å². The van der Waals surface area contributed by atoms with Crippen LogP contribution in [0.3, 0.4) is 0 Å². The van der Waals surface area contributed by atoms with Gasteiger partial charge in [0.1, 0.15) is 0 Å². The Labute approximate surface area is 80.4 Å². The van der Waals surface area contributed by atoms with Gasteiger partial charge in [-0.15, -0.1) is 0 Å². The molecule has 1 heterocycles. The van der Waals surface area contributed by atoms with Gasteiger partial charge in [0.2, 0.25) is 0 Å². The first-order valence-corrected chi connectivity index (χ1v) is 4.91. The van der Waals surface area contributed by atoms with Crippen molar-refractivity contribution >= 4 is 0 Å². The van der Waals surface area contributed by atoms with Gasteiger partial charge in [-0.05, 0) is 29.9 Å². The van der Waals surface area contributed by atoms with Crippen LogP contribution in [-0.4, -0.2) is 10.2 Å². The molecule has 0 unspecified atom stereocenters. The Morgan fingerprint density at radius 1 is 1.23 bits per heavy atom. The highest BCUT2D eigenvalue weighted by Gasteiger charge is 2.04. The second-order valence-corrected chi connectivity index (χ2v) is 4.24. The molecule has 0 atom stereocenters. The molecule has 0 aliphatic rings. The zero-order valence-electron chi connectivity index (χ0n) is 8.91. The highest BCUT2D eigenvalue weighted by atomic mass is 15.1. The summed E-state index contributed by atoms with van der Waals surface area (Å²) in [7, 11) is 0. The maximum absolute atomic E-state index is 4.10. The molecule has 1 aromatic heterocycles. The van der Waals surface area contributed by atoms with Crippen LogP contribution in [0.15, 0.2) is 12.3 Å². The largest absolute Gasteiger partial charge is 0.159 e. The normalized spacial score (nSPS) is 11.2. The highest BCUT2D eigenvalue weighted by Crippen LogP contribution is 2.13. The van der Waals surface area contributed by atoms with Gasteiger partial charge in [0.25, 0.3) is 0 Å². The third-order valence-corrected chi connectivity index (χ3v) is 1.97. The molecular formula is C11H18N2. The summed E-state index contributed by atoms with van der Waals surface area (Å²) in [6, 6.07) is 2.16. The fourth-order valence-electron chi connectivity index (χ4n) is 1.29. The fraction of sp³-hybridized carbons (Fsp3) is 0.636. The SMILES string of the molecule is CC(C)Cc1cnnc(C(C)C)c1. The van der Waals surface area contributed by atoms with E-state index in [4.69, 9.17) is 0 Å². The van der Waals surface area contributed by atoms with Crippen molar-refractivity contribution < 1.29 is 0 Å². The minimum Gasteiger partial charge on any atom is -0.159 e. The van der Waals surface area contributed by atoms with Gasteiger partial charge in [0.05, 0.1) is 11.9 Å². The van der Waals surface area contributed by atoms with Gasteiger partial charge in [-0.3, -0.25) is 0 Å². The van der Waals surface area contributed by atoms with E-state index in [1.807, 2.05) is 6.20 Å². The summed E-state index contributed by atoms with van der Waals surface area (Å²) < 4.78 is 0. The molecule has 1 rings (SSSR count). The topological polar surface area (TPSA) is 25.8 Å². The van der Waals surface area contributed by atoms with Crippen molar-refractivity contribution in [1.82, 2.24) is 10.2 Å². The Morgan fingerprint density at radius 3 is 2.46 bits per heavy atom. The summed E-state index contributed by atoms with van der Waals surface area (Å²) in [5, 5.41) is 8.11. The Kier molecular flexibility index (Phi) is 3.40. The standard InChI is InChI=1S/C11H18N2/c1-8(2)5-10-6-11(9(3)4)13-12-7-10/h6-9H,5H2,1-4H3. The molecule has 1 aromatic rings. The van der Waals surface area contributed by atoms with E-state index >= 15 is 0 Å². The first-order valence-electron chi connectivity index (χ1n) is 4.91. The van der Waals surface area contributed by atoms with Crippen molar-refractivity contribution in [2.24, 2.45) is 5.92 Å². The Morgan fingerprint density at radius 2 is 1.92 bits per heavy atom. The van der Waals surface area contributed by atoms with Gasteiger partial charge in [0, 0.05) is 0 Å². The molecular weight excluding hydrogens is 160 g/mol. The van der Waals surface area contributed by atoms with Gasteiger partial charge in [0.15, 0.2) is 0 Å². The zero-order valence-corrected chi connectivity index (χ0v) is 8.91. The molecule has 0 amide bonds. The maximum atomic E-state index is 4.10. The lowest BCUT2D eigenvalue weighted by Gasteiger charge is -2.07. The second kappa shape index (κ2) is 4.35. The number of hydrogen-bond acceptors (Lipinski definition) is 2. The van der Waals surface area contributed by atoms with E-state index in [0.29, 0.717) is 11.8 Å². The average molecular weight is 178 g/mol. The monoisotopic (exact) mass is 178 g/mol. The molecule has 0 N–H and O–H groups in total. The van der Waals surface area contributed by atoms with Crippen molar-refractivity contribution in [1.29, 1.82) is 0 Å². The smallest absolute Gasteiger partial charge is 0.0659 e. The van der Waals surface area contributed by atoms with Crippen LogP contribution in [0, 0.1) is 5.92 Å². The lowest BCUT2D eigenvalue weighted by Crippen LogP contribution is -2.00. The van der Waals surface area contributed by atoms with E-state index in [1.54, 1.807) is 0 Å². The molecule has 0 fully saturated rings. The van der Waals surface area contributed by atoms with E-state index < -0.39 is 0 Å². The first-order chi connectivity index (χ1) is 6.09. The molecule has 72 valence electrons. The van der Waals surface area contributed by atoms with Crippen molar-refractivity contribution in [3.8, 4) is 0 Å². The quantitative estimate of drug-likeness (QED) is 0.711. The summed E-state index contributed by atoms with van der Waals surface area (Å²) in [6.45, 7) is 8.72. The molecule has 0 aliphatic carbocycles. The number of hydrogen-bond donors (Lipinski definition) is 0. The third-order valence-electron chi connectivity index (χ3n) is 1.97. The lowest BCUT2D eigenvalue weighted by molar-refractivity contribution is 0.640.